The molecular weight excluding hydrogens is 246 g/mol. The molecule has 0 bridgehead atoms. The molecular formula is C10H14ClN3O3. The van der Waals surface area contributed by atoms with Crippen LogP contribution in [0.25, 0.3) is 0 Å². The Morgan fingerprint density at radius 2 is 2.41 bits per heavy atom. The largest absolute Gasteiger partial charge is 0.383 e. The Morgan fingerprint density at radius 1 is 1.65 bits per heavy atom. The van der Waals surface area contributed by atoms with Crippen LogP contribution in [-0.4, -0.2) is 41.7 Å². The normalized spacial score (nSPS) is 12.1. The van der Waals surface area contributed by atoms with E-state index in [0.717, 1.165) is 0 Å². The molecule has 1 amide bonds. The van der Waals surface area contributed by atoms with Gasteiger partial charge in [0.15, 0.2) is 0 Å². The van der Waals surface area contributed by atoms with Gasteiger partial charge in [0, 0.05) is 19.7 Å². The number of carbonyl (C=O) groups is 1. The third-order valence-corrected chi connectivity index (χ3v) is 2.35. The van der Waals surface area contributed by atoms with E-state index >= 15 is 0 Å². The summed E-state index contributed by atoms with van der Waals surface area (Å²) in [6.07, 6.45) is 0.602. The molecule has 1 aromatic rings. The van der Waals surface area contributed by atoms with E-state index in [4.69, 9.17) is 16.3 Å². The van der Waals surface area contributed by atoms with E-state index in [0.29, 0.717) is 19.6 Å². The number of H-pyrrole nitrogens is 1. The molecule has 0 saturated carbocycles. The number of methoxy groups -OCH3 is 1. The molecule has 0 aliphatic carbocycles. The van der Waals surface area contributed by atoms with Crippen molar-refractivity contribution in [1.29, 1.82) is 0 Å². The lowest BCUT2D eigenvalue weighted by Crippen LogP contribution is -2.28. The molecule has 1 rings (SSSR count). The number of halogens is 1. The number of nitrogens with zero attached hydrogens (tertiary/aromatic N) is 1. The molecule has 6 nitrogen and oxygen atoms in total. The Labute approximate surface area is 103 Å². The van der Waals surface area contributed by atoms with Crippen molar-refractivity contribution < 1.29 is 9.53 Å². The van der Waals surface area contributed by atoms with Gasteiger partial charge in [0.25, 0.3) is 11.5 Å². The number of amides is 1. The molecule has 1 heterocycles. The van der Waals surface area contributed by atoms with Crippen LogP contribution in [0.5, 0.6) is 0 Å². The molecule has 94 valence electrons. The van der Waals surface area contributed by atoms with Gasteiger partial charge in [-0.15, -0.1) is 11.6 Å². The third kappa shape index (κ3) is 4.97. The van der Waals surface area contributed by atoms with E-state index in [-0.39, 0.29) is 22.5 Å². The zero-order chi connectivity index (χ0) is 12.7. The van der Waals surface area contributed by atoms with Crippen molar-refractivity contribution in [2.75, 3.05) is 20.3 Å². The lowest BCUT2D eigenvalue weighted by molar-refractivity contribution is 0.0945. The number of aromatic amines is 1. The molecule has 1 atom stereocenters. The first-order valence-corrected chi connectivity index (χ1v) is 5.54. The van der Waals surface area contributed by atoms with Crippen LogP contribution < -0.4 is 10.9 Å². The zero-order valence-corrected chi connectivity index (χ0v) is 10.2. The molecule has 0 aliphatic heterocycles. The van der Waals surface area contributed by atoms with Gasteiger partial charge in [-0.2, -0.15) is 5.10 Å². The monoisotopic (exact) mass is 259 g/mol. The average Bonchev–Trinajstić information content (AvgIpc) is 2.30. The van der Waals surface area contributed by atoms with Crippen molar-refractivity contribution in [2.24, 2.45) is 0 Å². The molecule has 0 aromatic carbocycles. The predicted octanol–water partition coefficient (Wildman–Crippen LogP) is 0.144. The molecule has 0 saturated heterocycles. The molecule has 0 spiro atoms. The maximum Gasteiger partial charge on any atom is 0.271 e. The number of rotatable bonds is 6. The number of aromatic nitrogens is 2. The summed E-state index contributed by atoms with van der Waals surface area (Å²) in [5, 5.41) is 8.30. The van der Waals surface area contributed by atoms with Crippen molar-refractivity contribution in [3.63, 3.8) is 0 Å². The van der Waals surface area contributed by atoms with Crippen LogP contribution in [0, 0.1) is 0 Å². The second kappa shape index (κ2) is 7.03. The van der Waals surface area contributed by atoms with Gasteiger partial charge in [-0.1, -0.05) is 0 Å². The minimum absolute atomic E-state index is 0.135. The quantitative estimate of drug-likeness (QED) is 0.712. The number of hydrogen-bond acceptors (Lipinski definition) is 4. The minimum Gasteiger partial charge on any atom is -0.383 e. The first-order valence-electron chi connectivity index (χ1n) is 5.10. The first kappa shape index (κ1) is 13.7. The molecule has 0 radical (unpaired) electrons. The van der Waals surface area contributed by atoms with Crippen LogP contribution in [0.3, 0.4) is 0 Å². The second-order valence-electron chi connectivity index (χ2n) is 3.40. The van der Waals surface area contributed by atoms with Crippen LogP contribution in [0.15, 0.2) is 16.9 Å². The number of ether oxygens (including phenoxy) is 1. The van der Waals surface area contributed by atoms with E-state index < -0.39 is 0 Å². The summed E-state index contributed by atoms with van der Waals surface area (Å²) < 4.78 is 4.86. The summed E-state index contributed by atoms with van der Waals surface area (Å²) >= 11 is 5.89. The topological polar surface area (TPSA) is 84.1 Å². The number of carbonyl (C=O) groups excluding carboxylic acids is 1. The number of alkyl halides is 1. The third-order valence-electron chi connectivity index (χ3n) is 2.00. The predicted molar refractivity (Wildman–Crippen MR) is 63.3 cm³/mol. The summed E-state index contributed by atoms with van der Waals surface area (Å²) in [5.74, 6) is -0.345. The van der Waals surface area contributed by atoms with Gasteiger partial charge in [-0.3, -0.25) is 9.59 Å². The van der Waals surface area contributed by atoms with Gasteiger partial charge < -0.3 is 10.1 Å². The van der Waals surface area contributed by atoms with E-state index in [2.05, 4.69) is 15.5 Å². The Kier molecular flexibility index (Phi) is 5.65. The van der Waals surface area contributed by atoms with E-state index in [1.54, 1.807) is 7.11 Å². The average molecular weight is 260 g/mol. The summed E-state index contributed by atoms with van der Waals surface area (Å²) in [7, 11) is 1.57. The Bertz CT molecular complexity index is 401. The second-order valence-corrected chi connectivity index (χ2v) is 4.02. The van der Waals surface area contributed by atoms with Gasteiger partial charge in [0.2, 0.25) is 0 Å². The van der Waals surface area contributed by atoms with Gasteiger partial charge in [-0.25, -0.2) is 5.10 Å². The Morgan fingerprint density at radius 3 is 3.00 bits per heavy atom. The van der Waals surface area contributed by atoms with Crippen LogP contribution in [-0.2, 0) is 4.74 Å². The Hall–Kier alpha value is -1.40. The van der Waals surface area contributed by atoms with Gasteiger partial charge in [0.1, 0.15) is 5.69 Å². The number of nitrogens with one attached hydrogen (secondary N) is 2. The van der Waals surface area contributed by atoms with Gasteiger partial charge in [-0.05, 0) is 12.5 Å². The lowest BCUT2D eigenvalue weighted by atomic mass is 10.3. The van der Waals surface area contributed by atoms with Crippen molar-refractivity contribution in [3.05, 3.63) is 28.2 Å². The lowest BCUT2D eigenvalue weighted by Gasteiger charge is -2.08. The fraction of sp³-hybridized carbons (Fsp3) is 0.500. The summed E-state index contributed by atoms with van der Waals surface area (Å²) in [6, 6.07) is 2.61. The smallest absolute Gasteiger partial charge is 0.271 e. The highest BCUT2D eigenvalue weighted by Crippen LogP contribution is 2.00. The molecule has 1 aromatic heterocycles. The van der Waals surface area contributed by atoms with Crippen LogP contribution in [0.2, 0.25) is 0 Å². The van der Waals surface area contributed by atoms with E-state index in [9.17, 15) is 9.59 Å². The van der Waals surface area contributed by atoms with Crippen molar-refractivity contribution in [2.45, 2.75) is 11.8 Å². The minimum atomic E-state index is -0.345. The van der Waals surface area contributed by atoms with Crippen molar-refractivity contribution in [3.8, 4) is 0 Å². The SMILES string of the molecule is COCC(Cl)CCNC(=O)c1ccc(=O)[nH]n1. The molecule has 7 heteroatoms. The fourth-order valence-corrected chi connectivity index (χ4v) is 1.40. The summed E-state index contributed by atoms with van der Waals surface area (Å²) in [5.41, 5.74) is -0.176. The van der Waals surface area contributed by atoms with Crippen molar-refractivity contribution in [1.82, 2.24) is 15.5 Å². The molecule has 1 unspecified atom stereocenters. The van der Waals surface area contributed by atoms with Crippen molar-refractivity contribution >= 4 is 17.5 Å². The highest BCUT2D eigenvalue weighted by molar-refractivity contribution is 6.20. The summed E-state index contributed by atoms with van der Waals surface area (Å²) in [4.78, 5) is 22.3. The molecule has 0 fully saturated rings. The zero-order valence-electron chi connectivity index (χ0n) is 9.40. The molecule has 0 aliphatic rings. The first-order chi connectivity index (χ1) is 8.13. The maximum atomic E-state index is 11.5. The van der Waals surface area contributed by atoms with Crippen LogP contribution >= 0.6 is 11.6 Å². The van der Waals surface area contributed by atoms with E-state index in [1.807, 2.05) is 0 Å². The van der Waals surface area contributed by atoms with Gasteiger partial charge >= 0.3 is 0 Å². The van der Waals surface area contributed by atoms with Crippen LogP contribution in [0.1, 0.15) is 16.9 Å². The highest BCUT2D eigenvalue weighted by Gasteiger charge is 2.08. The van der Waals surface area contributed by atoms with Crippen LogP contribution in [0.4, 0.5) is 0 Å². The Balaban J connectivity index is 2.35. The van der Waals surface area contributed by atoms with Gasteiger partial charge in [0.05, 0.1) is 12.0 Å². The molecule has 17 heavy (non-hydrogen) atoms. The highest BCUT2D eigenvalue weighted by atomic mass is 35.5. The molecule has 2 N–H and O–H groups in total. The van der Waals surface area contributed by atoms with E-state index in [1.165, 1.54) is 12.1 Å². The standard InChI is InChI=1S/C10H14ClN3O3/c1-17-6-7(11)4-5-12-10(16)8-2-3-9(15)14-13-8/h2-3,7H,4-6H2,1H3,(H,12,16)(H,14,15). The fourth-order valence-electron chi connectivity index (χ4n) is 1.17. The number of hydrogen-bond donors (Lipinski definition) is 2. The maximum absolute atomic E-state index is 11.5. The summed E-state index contributed by atoms with van der Waals surface area (Å²) in [6.45, 7) is 0.867.